The minimum Gasteiger partial charge on any atom is -0.374 e. The molecule has 0 saturated heterocycles. The number of fused-ring (bicyclic) bond motifs is 1. The number of carbonyl (C=O) groups is 1. The normalized spacial score (nSPS) is 20.1. The van der Waals surface area contributed by atoms with Crippen molar-refractivity contribution >= 4 is 5.91 Å². The minimum atomic E-state index is -0.866. The number of hydroxylamine groups is 2. The van der Waals surface area contributed by atoms with Crippen LogP contribution in [0, 0.1) is 0 Å². The van der Waals surface area contributed by atoms with E-state index in [2.05, 4.69) is 0 Å². The van der Waals surface area contributed by atoms with E-state index in [-0.39, 0.29) is 5.91 Å². The molecular formula is C11H13NO3. The molecule has 0 radical (unpaired) electrons. The highest BCUT2D eigenvalue weighted by atomic mass is 16.7. The van der Waals surface area contributed by atoms with Gasteiger partial charge in [0.15, 0.2) is 12.0 Å². The fraction of sp³-hybridized carbons (Fsp3) is 0.364. The van der Waals surface area contributed by atoms with E-state index in [0.717, 1.165) is 10.6 Å². The second-order valence-electron chi connectivity index (χ2n) is 3.56. The third-order valence-electron chi connectivity index (χ3n) is 2.42. The van der Waals surface area contributed by atoms with Crippen molar-refractivity contribution < 1.29 is 14.7 Å². The first kappa shape index (κ1) is 9.98. The van der Waals surface area contributed by atoms with Gasteiger partial charge < -0.3 is 9.94 Å². The number of nitrogens with zero attached hydrogens (tertiary/aromatic N) is 1. The van der Waals surface area contributed by atoms with Gasteiger partial charge in [-0.25, -0.2) is 0 Å². The fourth-order valence-electron chi connectivity index (χ4n) is 1.64. The second kappa shape index (κ2) is 3.90. The molecule has 80 valence electrons. The smallest absolute Gasteiger partial charge is 0.254 e. The number of aryl methyl sites for hydroxylation is 1. The summed E-state index contributed by atoms with van der Waals surface area (Å²) in [4.78, 5) is 16.6. The Kier molecular flexibility index (Phi) is 2.60. The number of aliphatic hydroxyl groups is 1. The number of aliphatic hydroxyl groups excluding tert-OH is 1. The van der Waals surface area contributed by atoms with E-state index in [1.165, 1.54) is 6.92 Å². The lowest BCUT2D eigenvalue weighted by atomic mass is 10.1. The summed E-state index contributed by atoms with van der Waals surface area (Å²) in [6, 6.07) is 7.49. The van der Waals surface area contributed by atoms with Gasteiger partial charge in [0.2, 0.25) is 0 Å². The van der Waals surface area contributed by atoms with Gasteiger partial charge in [-0.15, -0.1) is 5.06 Å². The maximum Gasteiger partial charge on any atom is 0.254 e. The van der Waals surface area contributed by atoms with Gasteiger partial charge in [-0.3, -0.25) is 4.79 Å². The van der Waals surface area contributed by atoms with Crippen LogP contribution in [0.3, 0.4) is 0 Å². The molecule has 1 atom stereocenters. The Morgan fingerprint density at radius 2 is 2.27 bits per heavy atom. The molecule has 1 heterocycles. The van der Waals surface area contributed by atoms with Crippen LogP contribution in [0.2, 0.25) is 0 Å². The van der Waals surface area contributed by atoms with Crippen LogP contribution in [-0.4, -0.2) is 22.3 Å². The molecule has 15 heavy (non-hydrogen) atoms. The highest BCUT2D eigenvalue weighted by molar-refractivity contribution is 5.72. The predicted molar refractivity (Wildman–Crippen MR) is 53.9 cm³/mol. The van der Waals surface area contributed by atoms with Crippen molar-refractivity contribution in [2.45, 2.75) is 26.0 Å². The van der Waals surface area contributed by atoms with Crippen LogP contribution in [-0.2, 0) is 11.2 Å². The van der Waals surface area contributed by atoms with Gasteiger partial charge in [0.1, 0.15) is 0 Å². The first-order chi connectivity index (χ1) is 7.18. The van der Waals surface area contributed by atoms with Gasteiger partial charge in [0.25, 0.3) is 5.91 Å². The molecule has 1 unspecified atom stereocenters. The Bertz CT molecular complexity index is 378. The van der Waals surface area contributed by atoms with E-state index in [0.29, 0.717) is 18.6 Å². The summed E-state index contributed by atoms with van der Waals surface area (Å²) in [6.45, 7) is 1.37. The molecule has 2 rings (SSSR count). The Morgan fingerprint density at radius 1 is 1.53 bits per heavy atom. The van der Waals surface area contributed by atoms with Crippen molar-refractivity contribution in [2.24, 2.45) is 0 Å². The molecule has 0 aliphatic carbocycles. The zero-order valence-electron chi connectivity index (χ0n) is 8.51. The summed E-state index contributed by atoms with van der Waals surface area (Å²) < 4.78 is 0. The number of benzene rings is 1. The van der Waals surface area contributed by atoms with E-state index in [1.807, 2.05) is 18.2 Å². The summed E-state index contributed by atoms with van der Waals surface area (Å²) >= 11 is 0. The highest BCUT2D eigenvalue weighted by Crippen LogP contribution is 2.25. The number of para-hydroxylation sites is 1. The Morgan fingerprint density at radius 3 is 3.00 bits per heavy atom. The minimum absolute atomic E-state index is 0.292. The second-order valence-corrected chi connectivity index (χ2v) is 3.56. The highest BCUT2D eigenvalue weighted by Gasteiger charge is 2.25. The summed E-state index contributed by atoms with van der Waals surface area (Å²) in [5, 5.41) is 10.7. The van der Waals surface area contributed by atoms with E-state index in [4.69, 9.17) is 4.84 Å². The van der Waals surface area contributed by atoms with Crippen molar-refractivity contribution in [3.63, 3.8) is 0 Å². The monoisotopic (exact) mass is 207 g/mol. The SMILES string of the molecule is CC(=O)N1Oc2ccccc2CCC1O. The van der Waals surface area contributed by atoms with Crippen LogP contribution in [0.15, 0.2) is 24.3 Å². The van der Waals surface area contributed by atoms with Gasteiger partial charge in [-0.2, -0.15) is 0 Å². The van der Waals surface area contributed by atoms with E-state index < -0.39 is 6.23 Å². The molecular weight excluding hydrogens is 194 g/mol. The zero-order chi connectivity index (χ0) is 10.8. The molecule has 4 heteroatoms. The van der Waals surface area contributed by atoms with E-state index in [9.17, 15) is 9.90 Å². The van der Waals surface area contributed by atoms with Gasteiger partial charge in [-0.1, -0.05) is 18.2 Å². The number of amides is 1. The molecule has 1 aliphatic rings. The first-order valence-electron chi connectivity index (χ1n) is 4.92. The summed E-state index contributed by atoms with van der Waals surface area (Å²) in [6.07, 6.45) is 0.340. The number of rotatable bonds is 0. The molecule has 1 amide bonds. The predicted octanol–water partition coefficient (Wildman–Crippen LogP) is 1.09. The Labute approximate surface area is 88.0 Å². The topological polar surface area (TPSA) is 49.8 Å². The zero-order valence-corrected chi connectivity index (χ0v) is 8.51. The Balaban J connectivity index is 2.31. The molecule has 1 aliphatic heterocycles. The number of hydrogen-bond acceptors (Lipinski definition) is 3. The van der Waals surface area contributed by atoms with Gasteiger partial charge in [0, 0.05) is 6.92 Å². The van der Waals surface area contributed by atoms with Crippen LogP contribution < -0.4 is 4.84 Å². The third-order valence-corrected chi connectivity index (χ3v) is 2.42. The van der Waals surface area contributed by atoms with Crippen molar-refractivity contribution in [3.05, 3.63) is 29.8 Å². The largest absolute Gasteiger partial charge is 0.374 e. The van der Waals surface area contributed by atoms with Crippen LogP contribution in [0.4, 0.5) is 0 Å². The van der Waals surface area contributed by atoms with Gasteiger partial charge in [-0.05, 0) is 24.5 Å². The molecule has 4 nitrogen and oxygen atoms in total. The lowest BCUT2D eigenvalue weighted by Gasteiger charge is -2.23. The van der Waals surface area contributed by atoms with Gasteiger partial charge >= 0.3 is 0 Å². The van der Waals surface area contributed by atoms with Gasteiger partial charge in [0.05, 0.1) is 0 Å². The van der Waals surface area contributed by atoms with E-state index >= 15 is 0 Å². The Hall–Kier alpha value is -1.55. The lowest BCUT2D eigenvalue weighted by molar-refractivity contribution is -0.188. The molecule has 1 aromatic carbocycles. The van der Waals surface area contributed by atoms with Crippen LogP contribution >= 0.6 is 0 Å². The first-order valence-corrected chi connectivity index (χ1v) is 4.92. The average Bonchev–Trinajstić information content (AvgIpc) is 2.39. The molecule has 0 fully saturated rings. The maximum atomic E-state index is 11.2. The lowest BCUT2D eigenvalue weighted by Crippen LogP contribution is -2.40. The summed E-state index contributed by atoms with van der Waals surface area (Å²) in [5.41, 5.74) is 1.01. The van der Waals surface area contributed by atoms with Crippen LogP contribution in [0.25, 0.3) is 0 Å². The number of carbonyl (C=O) groups excluding carboxylic acids is 1. The molecule has 0 aromatic heterocycles. The van der Waals surface area contributed by atoms with Crippen LogP contribution in [0.5, 0.6) is 5.75 Å². The standard InChI is InChI=1S/C11H13NO3/c1-8(13)12-11(14)7-6-9-4-2-3-5-10(9)15-12/h2-5,11,14H,6-7H2,1H3. The van der Waals surface area contributed by atoms with Crippen molar-refractivity contribution in [3.8, 4) is 5.75 Å². The maximum absolute atomic E-state index is 11.2. The third kappa shape index (κ3) is 1.94. The summed E-state index contributed by atoms with van der Waals surface area (Å²) in [5.74, 6) is 0.350. The molecule has 0 saturated carbocycles. The van der Waals surface area contributed by atoms with Crippen molar-refractivity contribution in [1.29, 1.82) is 0 Å². The quantitative estimate of drug-likeness (QED) is 0.693. The molecule has 0 spiro atoms. The average molecular weight is 207 g/mol. The molecule has 1 aromatic rings. The van der Waals surface area contributed by atoms with Crippen LogP contribution in [0.1, 0.15) is 18.9 Å². The van der Waals surface area contributed by atoms with Crippen molar-refractivity contribution in [1.82, 2.24) is 5.06 Å². The van der Waals surface area contributed by atoms with E-state index in [1.54, 1.807) is 6.07 Å². The fourth-order valence-corrected chi connectivity index (χ4v) is 1.64. The number of hydrogen-bond donors (Lipinski definition) is 1. The van der Waals surface area contributed by atoms with Crippen molar-refractivity contribution in [2.75, 3.05) is 0 Å². The molecule has 1 N–H and O–H groups in total. The molecule has 0 bridgehead atoms. The summed E-state index contributed by atoms with van der Waals surface area (Å²) in [7, 11) is 0.